The van der Waals surface area contributed by atoms with Crippen LogP contribution in [0.25, 0.3) is 0 Å². The van der Waals surface area contributed by atoms with Gasteiger partial charge in [0.2, 0.25) is 0 Å². The summed E-state index contributed by atoms with van der Waals surface area (Å²) >= 11 is 11.4. The first-order valence-corrected chi connectivity index (χ1v) is 5.95. The number of carbonyl (C=O) groups excluding carboxylic acids is 1. The Bertz CT molecular complexity index is 673. The maximum Gasteiger partial charge on any atom is 0.325 e. The first kappa shape index (κ1) is 14.2. The molecule has 0 aliphatic heterocycles. The number of nitrogens with zero attached hydrogens (tertiary/aromatic N) is 4. The normalized spacial score (nSPS) is 10.3. The molecule has 0 bridgehead atoms. The molecule has 2 N–H and O–H groups in total. The number of aromatic nitrogens is 4. The van der Waals surface area contributed by atoms with E-state index in [1.165, 1.54) is 18.5 Å². The second kappa shape index (κ2) is 5.85. The van der Waals surface area contributed by atoms with Crippen LogP contribution in [0.5, 0.6) is 0 Å². The lowest BCUT2D eigenvalue weighted by atomic mass is 10.3. The van der Waals surface area contributed by atoms with Crippen LogP contribution in [0.3, 0.4) is 0 Å². The van der Waals surface area contributed by atoms with Gasteiger partial charge in [-0.3, -0.25) is 14.3 Å². The molecule has 0 saturated heterocycles. The van der Waals surface area contributed by atoms with Crippen LogP contribution in [0.1, 0.15) is 10.4 Å². The van der Waals surface area contributed by atoms with Crippen LogP contribution < -0.4 is 5.32 Å². The van der Waals surface area contributed by atoms with Crippen LogP contribution in [-0.2, 0) is 11.3 Å². The Kier molecular flexibility index (Phi) is 4.16. The number of hydrogen-bond donors (Lipinski definition) is 2. The lowest BCUT2D eigenvalue weighted by Gasteiger charge is -2.03. The number of carbonyl (C=O) groups is 2. The number of aliphatic carboxylic acids is 1. The van der Waals surface area contributed by atoms with Crippen molar-refractivity contribution in [1.82, 2.24) is 20.0 Å². The van der Waals surface area contributed by atoms with E-state index in [9.17, 15) is 9.59 Å². The maximum absolute atomic E-state index is 11.9. The first-order chi connectivity index (χ1) is 9.45. The molecule has 20 heavy (non-hydrogen) atoms. The van der Waals surface area contributed by atoms with Crippen molar-refractivity contribution in [3.63, 3.8) is 0 Å². The van der Waals surface area contributed by atoms with Crippen LogP contribution in [0.15, 0.2) is 18.5 Å². The van der Waals surface area contributed by atoms with E-state index >= 15 is 0 Å². The van der Waals surface area contributed by atoms with Gasteiger partial charge in [-0.15, -0.1) is 10.2 Å². The molecule has 2 heterocycles. The molecule has 2 aromatic heterocycles. The van der Waals surface area contributed by atoms with Crippen molar-refractivity contribution in [2.75, 3.05) is 5.32 Å². The molecule has 2 rings (SSSR count). The number of anilines is 1. The quantitative estimate of drug-likeness (QED) is 0.880. The topological polar surface area (TPSA) is 110 Å². The molecule has 10 heteroatoms. The number of halogens is 2. The number of carboxylic acid groups (broad SMARTS) is 1. The van der Waals surface area contributed by atoms with Gasteiger partial charge in [0, 0.05) is 6.20 Å². The van der Waals surface area contributed by atoms with Crippen LogP contribution in [0.2, 0.25) is 10.3 Å². The molecule has 1 amide bonds. The summed E-state index contributed by atoms with van der Waals surface area (Å²) < 4.78 is 1.16. The van der Waals surface area contributed by atoms with Gasteiger partial charge in [0.1, 0.15) is 6.54 Å². The average molecular weight is 316 g/mol. The van der Waals surface area contributed by atoms with E-state index in [4.69, 9.17) is 28.3 Å². The molecule has 104 valence electrons. The fraction of sp³-hybridized carbons (Fsp3) is 0.100. The van der Waals surface area contributed by atoms with Gasteiger partial charge in [0.25, 0.3) is 5.91 Å². The van der Waals surface area contributed by atoms with Crippen LogP contribution in [0.4, 0.5) is 5.69 Å². The van der Waals surface area contributed by atoms with Crippen LogP contribution in [0, 0.1) is 0 Å². The highest BCUT2D eigenvalue weighted by Crippen LogP contribution is 2.17. The minimum atomic E-state index is -1.04. The second-order valence-corrected chi connectivity index (χ2v) is 4.39. The molecule has 0 fully saturated rings. The summed E-state index contributed by atoms with van der Waals surface area (Å²) in [4.78, 5) is 22.5. The molecule has 0 atom stereocenters. The standard InChI is InChI=1S/C10H7Cl2N5O3/c11-7-1-6(9(12)16-15-7)10(20)14-5-2-13-17(3-5)4-8(18)19/h1-3H,4H2,(H,14,20)(H,18,19). The van der Waals surface area contributed by atoms with Gasteiger partial charge in [0.15, 0.2) is 10.3 Å². The van der Waals surface area contributed by atoms with Crippen molar-refractivity contribution in [1.29, 1.82) is 0 Å². The largest absolute Gasteiger partial charge is 0.480 e. The molecule has 0 saturated carbocycles. The van der Waals surface area contributed by atoms with Crippen LogP contribution >= 0.6 is 23.2 Å². The van der Waals surface area contributed by atoms with Crippen molar-refractivity contribution in [2.24, 2.45) is 0 Å². The molecule has 0 spiro atoms. The van der Waals surface area contributed by atoms with E-state index in [0.717, 1.165) is 4.68 Å². The maximum atomic E-state index is 11.9. The van der Waals surface area contributed by atoms with E-state index in [-0.39, 0.29) is 22.4 Å². The highest BCUT2D eigenvalue weighted by Gasteiger charge is 2.14. The number of amides is 1. The Morgan fingerprint density at radius 2 is 2.10 bits per heavy atom. The summed E-state index contributed by atoms with van der Waals surface area (Å²) in [5, 5.41) is 21.8. The van der Waals surface area contributed by atoms with Gasteiger partial charge >= 0.3 is 5.97 Å². The Morgan fingerprint density at radius 3 is 2.80 bits per heavy atom. The van der Waals surface area contributed by atoms with Gasteiger partial charge in [-0.25, -0.2) is 0 Å². The van der Waals surface area contributed by atoms with Gasteiger partial charge in [0.05, 0.1) is 17.4 Å². The summed E-state index contributed by atoms with van der Waals surface area (Å²) in [6.07, 6.45) is 2.68. The fourth-order valence-electron chi connectivity index (χ4n) is 1.36. The number of nitrogens with one attached hydrogen (secondary N) is 1. The molecule has 0 aliphatic rings. The summed E-state index contributed by atoms with van der Waals surface area (Å²) in [5.74, 6) is -1.60. The highest BCUT2D eigenvalue weighted by atomic mass is 35.5. The predicted molar refractivity (Wildman–Crippen MR) is 69.9 cm³/mol. The SMILES string of the molecule is O=C(O)Cn1cc(NC(=O)c2cc(Cl)nnc2Cl)cn1. The minimum absolute atomic E-state index is 0.0288. The van der Waals surface area contributed by atoms with Crippen molar-refractivity contribution in [3.05, 3.63) is 34.3 Å². The van der Waals surface area contributed by atoms with Crippen molar-refractivity contribution >= 4 is 40.8 Å². The zero-order chi connectivity index (χ0) is 14.7. The second-order valence-electron chi connectivity index (χ2n) is 3.65. The molecule has 2 aromatic rings. The third-order valence-electron chi connectivity index (χ3n) is 2.15. The Morgan fingerprint density at radius 1 is 1.35 bits per heavy atom. The molecule has 0 aromatic carbocycles. The van der Waals surface area contributed by atoms with Gasteiger partial charge in [-0.05, 0) is 6.07 Å². The zero-order valence-corrected chi connectivity index (χ0v) is 11.3. The van der Waals surface area contributed by atoms with E-state index in [1.807, 2.05) is 0 Å². The lowest BCUT2D eigenvalue weighted by Crippen LogP contribution is -2.13. The predicted octanol–water partition coefficient (Wildman–Crippen LogP) is 1.32. The zero-order valence-electron chi connectivity index (χ0n) is 9.75. The van der Waals surface area contributed by atoms with E-state index in [0.29, 0.717) is 5.69 Å². The highest BCUT2D eigenvalue weighted by molar-refractivity contribution is 6.34. The fourth-order valence-corrected chi connectivity index (χ4v) is 1.69. The monoisotopic (exact) mass is 315 g/mol. The number of rotatable bonds is 4. The van der Waals surface area contributed by atoms with E-state index < -0.39 is 11.9 Å². The number of hydrogen-bond acceptors (Lipinski definition) is 5. The molecular formula is C10H7Cl2N5O3. The Labute approximate surface area is 122 Å². The molecule has 0 aliphatic carbocycles. The van der Waals surface area contributed by atoms with Gasteiger partial charge in [-0.1, -0.05) is 23.2 Å². The first-order valence-electron chi connectivity index (χ1n) is 5.20. The summed E-state index contributed by atoms with van der Waals surface area (Å²) in [7, 11) is 0. The van der Waals surface area contributed by atoms with Gasteiger partial charge in [-0.2, -0.15) is 5.10 Å². The molecule has 0 unspecified atom stereocenters. The van der Waals surface area contributed by atoms with E-state index in [1.54, 1.807) is 0 Å². The summed E-state index contributed by atoms with van der Waals surface area (Å²) in [6, 6.07) is 1.27. The van der Waals surface area contributed by atoms with E-state index in [2.05, 4.69) is 20.6 Å². The third kappa shape index (κ3) is 3.43. The molecule has 0 radical (unpaired) electrons. The van der Waals surface area contributed by atoms with Crippen molar-refractivity contribution in [2.45, 2.75) is 6.54 Å². The Balaban J connectivity index is 2.13. The van der Waals surface area contributed by atoms with Crippen molar-refractivity contribution in [3.8, 4) is 0 Å². The van der Waals surface area contributed by atoms with Crippen LogP contribution in [-0.4, -0.2) is 37.0 Å². The smallest absolute Gasteiger partial charge is 0.325 e. The minimum Gasteiger partial charge on any atom is -0.480 e. The van der Waals surface area contributed by atoms with Gasteiger partial charge < -0.3 is 10.4 Å². The average Bonchev–Trinajstić information content (AvgIpc) is 2.78. The third-order valence-corrected chi connectivity index (χ3v) is 2.62. The van der Waals surface area contributed by atoms with Crippen molar-refractivity contribution < 1.29 is 14.7 Å². The summed E-state index contributed by atoms with van der Waals surface area (Å²) in [6.45, 7) is -0.306. The molecule has 8 nitrogen and oxygen atoms in total. The lowest BCUT2D eigenvalue weighted by molar-refractivity contribution is -0.137. The Hall–Kier alpha value is -2.19. The number of carboxylic acids is 1. The molecular weight excluding hydrogens is 309 g/mol. The summed E-state index contributed by atoms with van der Waals surface area (Å²) in [5.41, 5.74) is 0.373.